The van der Waals surface area contributed by atoms with Gasteiger partial charge in [0.15, 0.2) is 0 Å². The molecule has 1 aliphatic rings. The van der Waals surface area contributed by atoms with Crippen LogP contribution in [0.1, 0.15) is 46.2 Å². The van der Waals surface area contributed by atoms with Gasteiger partial charge in [-0.15, -0.1) is 0 Å². The Bertz CT molecular complexity index is 845. The first-order valence-corrected chi connectivity index (χ1v) is 9.57. The van der Waals surface area contributed by atoms with E-state index in [-0.39, 0.29) is 17.9 Å². The summed E-state index contributed by atoms with van der Waals surface area (Å²) in [4.78, 5) is 32.0. The lowest BCUT2D eigenvalue weighted by molar-refractivity contribution is -0.141. The summed E-state index contributed by atoms with van der Waals surface area (Å²) in [6, 6.07) is 19.1. The van der Waals surface area contributed by atoms with Crippen LogP contribution in [0.15, 0.2) is 60.7 Å². The Morgan fingerprint density at radius 2 is 1.54 bits per heavy atom. The summed E-state index contributed by atoms with van der Waals surface area (Å²) < 4.78 is 0. The van der Waals surface area contributed by atoms with Crippen molar-refractivity contribution in [3.8, 4) is 0 Å². The van der Waals surface area contributed by atoms with E-state index in [1.54, 1.807) is 25.8 Å². The lowest BCUT2D eigenvalue weighted by atomic mass is 9.74. The predicted molar refractivity (Wildman–Crippen MR) is 109 cm³/mol. The van der Waals surface area contributed by atoms with Crippen LogP contribution in [0.3, 0.4) is 0 Å². The third-order valence-electron chi connectivity index (χ3n) is 5.44. The van der Waals surface area contributed by atoms with Crippen LogP contribution in [0.2, 0.25) is 0 Å². The maximum Gasteiger partial charge on any atom is 0.237 e. The monoisotopic (exact) mass is 380 g/mol. The zero-order valence-corrected chi connectivity index (χ0v) is 17.1. The normalized spacial score (nSPS) is 24.8. The first-order valence-electron chi connectivity index (χ1n) is 9.57. The van der Waals surface area contributed by atoms with Crippen LogP contribution in [-0.4, -0.2) is 17.9 Å². The second kappa shape index (κ2) is 7.40. The molecule has 148 valence electrons. The highest BCUT2D eigenvalue weighted by atomic mass is 16.7. The van der Waals surface area contributed by atoms with Crippen LogP contribution in [0, 0.1) is 10.8 Å². The molecule has 5 nitrogen and oxygen atoms in total. The number of hydrogen-bond donors (Lipinski definition) is 1. The van der Waals surface area contributed by atoms with Gasteiger partial charge in [-0.1, -0.05) is 69.3 Å². The molecule has 3 atom stereocenters. The fraction of sp³-hybridized carbons (Fsp3) is 0.391. The molecule has 0 spiro atoms. The molecule has 1 N–H and O–H groups in total. The maximum absolute atomic E-state index is 13.4. The number of rotatable bonds is 3. The van der Waals surface area contributed by atoms with E-state index >= 15 is 0 Å². The van der Waals surface area contributed by atoms with E-state index in [0.717, 1.165) is 11.3 Å². The van der Waals surface area contributed by atoms with Gasteiger partial charge in [0.05, 0.1) is 17.8 Å². The molecule has 1 fully saturated rings. The first kappa shape index (κ1) is 20.1. The van der Waals surface area contributed by atoms with Crippen molar-refractivity contribution in [1.82, 2.24) is 5.32 Å². The van der Waals surface area contributed by atoms with Gasteiger partial charge in [-0.3, -0.25) is 19.7 Å². The topological polar surface area (TPSA) is 58.6 Å². The minimum atomic E-state index is -0.960. The van der Waals surface area contributed by atoms with Crippen LogP contribution in [-0.2, 0) is 14.4 Å². The number of anilines is 1. The van der Waals surface area contributed by atoms with E-state index in [2.05, 4.69) is 5.32 Å². The summed E-state index contributed by atoms with van der Waals surface area (Å²) in [5, 5.41) is 4.41. The van der Waals surface area contributed by atoms with Crippen LogP contribution < -0.4 is 10.4 Å². The lowest BCUT2D eigenvalue weighted by Crippen LogP contribution is -2.51. The summed E-state index contributed by atoms with van der Waals surface area (Å²) in [5.74, 6) is -0.622. The Hall–Kier alpha value is -2.66. The van der Waals surface area contributed by atoms with Gasteiger partial charge in [-0.2, -0.15) is 0 Å². The van der Waals surface area contributed by atoms with E-state index in [1.165, 1.54) is 0 Å². The number of amides is 2. The quantitative estimate of drug-likeness (QED) is 0.864. The van der Waals surface area contributed by atoms with Gasteiger partial charge in [0, 0.05) is 5.41 Å². The van der Waals surface area contributed by atoms with Crippen LogP contribution >= 0.6 is 0 Å². The number of imide groups is 1. The molecule has 1 heterocycles. The molecule has 1 aliphatic heterocycles. The standard InChI is InChI=1S/C23H28N2O3/c1-16-23(5,21(27)24-20(26)22(2,3)4)19(17-12-8-6-9-13-17)25(28-16)18-14-10-7-11-15-18/h6-16,19H,1-5H3,(H,24,26,27)/t16-,19-,23-/m0/s1. The van der Waals surface area contributed by atoms with Crippen LogP contribution in [0.5, 0.6) is 0 Å². The Balaban J connectivity index is 2.05. The number of carbonyl (C=O) groups excluding carboxylic acids is 2. The fourth-order valence-corrected chi connectivity index (χ4v) is 3.44. The third-order valence-corrected chi connectivity index (χ3v) is 5.44. The molecule has 0 aromatic heterocycles. The van der Waals surface area contributed by atoms with Gasteiger partial charge in [-0.05, 0) is 31.5 Å². The summed E-state index contributed by atoms with van der Waals surface area (Å²) in [7, 11) is 0. The molecule has 0 bridgehead atoms. The average Bonchev–Trinajstić information content (AvgIpc) is 2.94. The highest BCUT2D eigenvalue weighted by molar-refractivity contribution is 6.01. The first-order chi connectivity index (χ1) is 13.2. The largest absolute Gasteiger partial charge is 0.295 e. The molecule has 5 heteroatoms. The van der Waals surface area contributed by atoms with Gasteiger partial charge in [0.25, 0.3) is 0 Å². The minimum Gasteiger partial charge on any atom is -0.295 e. The van der Waals surface area contributed by atoms with Crippen molar-refractivity contribution < 1.29 is 14.4 Å². The van der Waals surface area contributed by atoms with Gasteiger partial charge in [-0.25, -0.2) is 5.06 Å². The number of hydrogen-bond acceptors (Lipinski definition) is 4. The Morgan fingerprint density at radius 1 is 1.00 bits per heavy atom. The molecule has 1 saturated heterocycles. The number of nitrogens with zero attached hydrogens (tertiary/aromatic N) is 1. The Morgan fingerprint density at radius 3 is 2.07 bits per heavy atom. The second-order valence-corrected chi connectivity index (χ2v) is 8.54. The summed E-state index contributed by atoms with van der Waals surface area (Å²) in [5.41, 5.74) is 0.201. The second-order valence-electron chi connectivity index (χ2n) is 8.54. The predicted octanol–water partition coefficient (Wildman–Crippen LogP) is 4.26. The Labute approximate surface area is 166 Å². The third kappa shape index (κ3) is 3.54. The number of hydroxylamine groups is 1. The van der Waals surface area contributed by atoms with Crippen molar-refractivity contribution in [3.05, 3.63) is 66.2 Å². The van der Waals surface area contributed by atoms with Crippen molar-refractivity contribution in [2.45, 2.75) is 46.8 Å². The fourth-order valence-electron chi connectivity index (χ4n) is 3.44. The average molecular weight is 380 g/mol. The summed E-state index contributed by atoms with van der Waals surface area (Å²) >= 11 is 0. The molecular formula is C23H28N2O3. The van der Waals surface area contributed by atoms with E-state index in [1.807, 2.05) is 74.5 Å². The molecule has 0 radical (unpaired) electrons. The molecule has 2 amide bonds. The zero-order chi connectivity index (χ0) is 20.5. The van der Waals surface area contributed by atoms with Crippen molar-refractivity contribution in [2.75, 3.05) is 5.06 Å². The number of benzene rings is 2. The van der Waals surface area contributed by atoms with Crippen molar-refractivity contribution in [3.63, 3.8) is 0 Å². The van der Waals surface area contributed by atoms with Gasteiger partial charge < -0.3 is 0 Å². The molecule has 2 aromatic rings. The molecule has 3 rings (SSSR count). The number of carbonyl (C=O) groups is 2. The molecule has 0 aliphatic carbocycles. The van der Waals surface area contributed by atoms with Crippen molar-refractivity contribution in [1.29, 1.82) is 0 Å². The van der Waals surface area contributed by atoms with Crippen molar-refractivity contribution in [2.24, 2.45) is 10.8 Å². The smallest absolute Gasteiger partial charge is 0.237 e. The number of nitrogens with one attached hydrogen (secondary N) is 1. The Kier molecular flexibility index (Phi) is 5.31. The van der Waals surface area contributed by atoms with Gasteiger partial charge >= 0.3 is 0 Å². The summed E-state index contributed by atoms with van der Waals surface area (Å²) in [6.45, 7) is 9.11. The SMILES string of the molecule is C[C@@H]1ON(c2ccccc2)[C@@H](c2ccccc2)[C@@]1(C)C(=O)NC(=O)C(C)(C)C. The molecule has 2 aromatic carbocycles. The van der Waals surface area contributed by atoms with Gasteiger partial charge in [0.2, 0.25) is 11.8 Å². The van der Waals surface area contributed by atoms with Gasteiger partial charge in [0.1, 0.15) is 5.41 Å². The van der Waals surface area contributed by atoms with E-state index in [9.17, 15) is 9.59 Å². The molecule has 28 heavy (non-hydrogen) atoms. The number of para-hydroxylation sites is 1. The highest BCUT2D eigenvalue weighted by Gasteiger charge is 2.57. The molecule has 0 saturated carbocycles. The minimum absolute atomic E-state index is 0.295. The van der Waals surface area contributed by atoms with Crippen LogP contribution in [0.4, 0.5) is 5.69 Å². The molecule has 0 unspecified atom stereocenters. The highest BCUT2D eigenvalue weighted by Crippen LogP contribution is 2.50. The summed E-state index contributed by atoms with van der Waals surface area (Å²) in [6.07, 6.45) is -0.425. The zero-order valence-electron chi connectivity index (χ0n) is 17.1. The van der Waals surface area contributed by atoms with Crippen LogP contribution in [0.25, 0.3) is 0 Å². The van der Waals surface area contributed by atoms with E-state index in [4.69, 9.17) is 4.84 Å². The van der Waals surface area contributed by atoms with Crippen molar-refractivity contribution >= 4 is 17.5 Å². The molecular weight excluding hydrogens is 352 g/mol. The maximum atomic E-state index is 13.4. The van der Waals surface area contributed by atoms with E-state index < -0.39 is 16.9 Å². The lowest BCUT2D eigenvalue weighted by Gasteiger charge is -2.34. The van der Waals surface area contributed by atoms with E-state index in [0.29, 0.717) is 0 Å².